The van der Waals surface area contributed by atoms with Crippen LogP contribution < -0.4 is 4.72 Å². The van der Waals surface area contributed by atoms with E-state index in [9.17, 15) is 8.42 Å². The van der Waals surface area contributed by atoms with Crippen LogP contribution in [0.1, 0.15) is 12.0 Å². The molecule has 1 atom stereocenters. The summed E-state index contributed by atoms with van der Waals surface area (Å²) in [4.78, 5) is 0.856. The number of benzene rings is 2. The van der Waals surface area contributed by atoms with Crippen LogP contribution in [0.2, 0.25) is 10.0 Å². The maximum atomic E-state index is 12.8. The number of nitrogens with one attached hydrogen (secondary N) is 2. The van der Waals surface area contributed by atoms with Gasteiger partial charge in [0, 0.05) is 16.2 Å². The van der Waals surface area contributed by atoms with E-state index in [0.717, 1.165) is 10.5 Å². The first-order valence-corrected chi connectivity index (χ1v) is 11.3. The van der Waals surface area contributed by atoms with E-state index in [1.807, 2.05) is 12.1 Å². The molecule has 1 unspecified atom stereocenters. The molecule has 0 aliphatic carbocycles. The van der Waals surface area contributed by atoms with Crippen molar-refractivity contribution in [1.29, 1.82) is 0 Å². The monoisotopic (exact) mass is 453 g/mol. The molecule has 0 saturated heterocycles. The van der Waals surface area contributed by atoms with Gasteiger partial charge in [0.15, 0.2) is 0 Å². The van der Waals surface area contributed by atoms with E-state index in [0.29, 0.717) is 33.5 Å². The molecule has 0 radical (unpaired) electrons. The fourth-order valence-electron chi connectivity index (χ4n) is 2.70. The third kappa shape index (κ3) is 4.02. The smallest absolute Gasteiger partial charge is 0.245 e. The van der Waals surface area contributed by atoms with Crippen molar-refractivity contribution in [3.05, 3.63) is 64.1 Å². The van der Waals surface area contributed by atoms with E-state index in [1.165, 1.54) is 11.8 Å². The van der Waals surface area contributed by atoms with Crippen LogP contribution in [0, 0.1) is 0 Å². The Bertz CT molecular complexity index is 1150. The van der Waals surface area contributed by atoms with Crippen LogP contribution in [0.5, 0.6) is 0 Å². The van der Waals surface area contributed by atoms with Gasteiger partial charge in [0.05, 0.1) is 10.0 Å². The summed E-state index contributed by atoms with van der Waals surface area (Å²) < 4.78 is 27.7. The minimum atomic E-state index is -3.62. The predicted octanol–water partition coefficient (Wildman–Crippen LogP) is 4.42. The fourth-order valence-corrected chi connectivity index (χ4v) is 5.83. The molecule has 0 spiro atoms. The summed E-state index contributed by atoms with van der Waals surface area (Å²) >= 11 is 13.3. The van der Waals surface area contributed by atoms with Crippen LogP contribution in [-0.2, 0) is 10.0 Å². The van der Waals surface area contributed by atoms with Gasteiger partial charge in [-0.25, -0.2) is 8.42 Å². The van der Waals surface area contributed by atoms with Crippen LogP contribution in [0.15, 0.2) is 48.5 Å². The standard InChI is InChI=1S/C17H13Cl2N5O2S2/c18-13-5-4-10(9-14(13)19)15-6-7-16(27-15)28(25,26)22-12-3-1-2-11(8-12)17-20-23-24-21-17/h1-6,8-9,16,22H,7H2,(H,20,21,23,24). The molecule has 2 aromatic carbocycles. The van der Waals surface area contributed by atoms with Gasteiger partial charge in [-0.2, -0.15) is 5.21 Å². The lowest BCUT2D eigenvalue weighted by molar-refractivity contribution is 0.598. The number of thioether (sulfide) groups is 1. The number of hydrogen-bond acceptors (Lipinski definition) is 6. The van der Waals surface area contributed by atoms with E-state index in [4.69, 9.17) is 23.2 Å². The summed E-state index contributed by atoms with van der Waals surface area (Å²) in [7, 11) is -3.62. The molecule has 2 heterocycles. The summed E-state index contributed by atoms with van der Waals surface area (Å²) in [5.74, 6) is 0.389. The molecule has 144 valence electrons. The van der Waals surface area contributed by atoms with E-state index in [1.54, 1.807) is 36.4 Å². The molecule has 1 aliphatic rings. The predicted molar refractivity (Wildman–Crippen MR) is 113 cm³/mol. The number of tetrazole rings is 1. The van der Waals surface area contributed by atoms with Crippen LogP contribution in [-0.4, -0.2) is 33.6 Å². The van der Waals surface area contributed by atoms with Gasteiger partial charge in [0.2, 0.25) is 15.8 Å². The fraction of sp³-hybridized carbons (Fsp3) is 0.118. The molecule has 1 aromatic heterocycles. The SMILES string of the molecule is O=S(=O)(Nc1cccc(-c2nn[nH]n2)c1)C1CC=C(c2ccc(Cl)c(Cl)c2)S1. The van der Waals surface area contributed by atoms with Crippen LogP contribution in [0.25, 0.3) is 16.3 Å². The highest BCUT2D eigenvalue weighted by Gasteiger charge is 2.31. The Morgan fingerprint density at radius 2 is 1.96 bits per heavy atom. The number of aromatic amines is 1. The Balaban J connectivity index is 1.49. The number of hydrogen-bond donors (Lipinski definition) is 2. The van der Waals surface area contributed by atoms with E-state index in [2.05, 4.69) is 25.3 Å². The first kappa shape index (κ1) is 19.3. The number of sulfonamides is 1. The lowest BCUT2D eigenvalue weighted by Crippen LogP contribution is -2.23. The average molecular weight is 454 g/mol. The summed E-state index contributed by atoms with van der Waals surface area (Å²) in [6, 6.07) is 12.1. The molecule has 3 aromatic rings. The van der Waals surface area contributed by atoms with Crippen molar-refractivity contribution in [3.63, 3.8) is 0 Å². The molecule has 4 rings (SSSR count). The maximum absolute atomic E-state index is 12.8. The molecule has 0 saturated carbocycles. The minimum Gasteiger partial charge on any atom is -0.283 e. The van der Waals surface area contributed by atoms with Crippen LogP contribution >= 0.6 is 35.0 Å². The van der Waals surface area contributed by atoms with Crippen LogP contribution in [0.4, 0.5) is 5.69 Å². The number of allylic oxidation sites excluding steroid dienone is 1. The van der Waals surface area contributed by atoms with E-state index < -0.39 is 14.6 Å². The molecular weight excluding hydrogens is 441 g/mol. The number of halogens is 2. The van der Waals surface area contributed by atoms with Crippen molar-refractivity contribution in [2.24, 2.45) is 0 Å². The highest BCUT2D eigenvalue weighted by molar-refractivity contribution is 8.19. The zero-order chi connectivity index (χ0) is 19.7. The van der Waals surface area contributed by atoms with Crippen molar-refractivity contribution in [3.8, 4) is 11.4 Å². The first-order chi connectivity index (χ1) is 13.4. The molecule has 11 heteroatoms. The van der Waals surface area contributed by atoms with E-state index in [-0.39, 0.29) is 0 Å². The zero-order valence-corrected chi connectivity index (χ0v) is 17.3. The van der Waals surface area contributed by atoms with Gasteiger partial charge in [-0.3, -0.25) is 4.72 Å². The summed E-state index contributed by atoms with van der Waals surface area (Å²) in [5, 5.41) is 14.6. The second kappa shape index (κ2) is 7.75. The number of H-pyrrole nitrogens is 1. The molecule has 28 heavy (non-hydrogen) atoms. The lowest BCUT2D eigenvalue weighted by atomic mass is 10.2. The Labute approximate surface area is 175 Å². The van der Waals surface area contributed by atoms with Gasteiger partial charge in [0.1, 0.15) is 4.58 Å². The third-order valence-electron chi connectivity index (χ3n) is 4.03. The summed E-state index contributed by atoms with van der Waals surface area (Å²) in [5.41, 5.74) is 1.93. The van der Waals surface area contributed by atoms with E-state index >= 15 is 0 Å². The van der Waals surface area contributed by atoms with Crippen molar-refractivity contribution in [2.45, 2.75) is 11.0 Å². The van der Waals surface area contributed by atoms with Gasteiger partial charge in [-0.15, -0.1) is 22.0 Å². The second-order valence-electron chi connectivity index (χ2n) is 5.94. The molecular formula is C17H13Cl2N5O2S2. The van der Waals surface area contributed by atoms with Gasteiger partial charge < -0.3 is 0 Å². The Morgan fingerprint density at radius 3 is 2.71 bits per heavy atom. The molecule has 2 N–H and O–H groups in total. The quantitative estimate of drug-likeness (QED) is 0.592. The highest BCUT2D eigenvalue weighted by atomic mass is 35.5. The van der Waals surface area contributed by atoms with Crippen molar-refractivity contribution >= 4 is 55.6 Å². The van der Waals surface area contributed by atoms with Gasteiger partial charge in [-0.05, 0) is 41.5 Å². The van der Waals surface area contributed by atoms with Crippen molar-refractivity contribution in [2.75, 3.05) is 4.72 Å². The third-order valence-corrected chi connectivity index (χ3v) is 8.33. The molecule has 7 nitrogen and oxygen atoms in total. The number of nitrogens with zero attached hydrogens (tertiary/aromatic N) is 3. The molecule has 0 bridgehead atoms. The van der Waals surface area contributed by atoms with Gasteiger partial charge in [-0.1, -0.05) is 47.5 Å². The van der Waals surface area contributed by atoms with Crippen molar-refractivity contribution in [1.82, 2.24) is 20.6 Å². The van der Waals surface area contributed by atoms with Gasteiger partial charge >= 0.3 is 0 Å². The minimum absolute atomic E-state index is 0.389. The Kier molecular flexibility index (Phi) is 5.33. The normalized spacial score (nSPS) is 16.8. The molecule has 0 amide bonds. The zero-order valence-electron chi connectivity index (χ0n) is 14.1. The number of anilines is 1. The topological polar surface area (TPSA) is 101 Å². The second-order valence-corrected chi connectivity index (χ2v) is 10.2. The molecule has 1 aliphatic heterocycles. The van der Waals surface area contributed by atoms with Crippen molar-refractivity contribution < 1.29 is 8.42 Å². The van der Waals surface area contributed by atoms with Crippen LogP contribution in [0.3, 0.4) is 0 Å². The highest BCUT2D eigenvalue weighted by Crippen LogP contribution is 2.43. The summed E-state index contributed by atoms with van der Waals surface area (Å²) in [6.07, 6.45) is 2.28. The average Bonchev–Trinajstić information content (AvgIpc) is 3.36. The Hall–Kier alpha value is -2.07. The molecule has 0 fully saturated rings. The maximum Gasteiger partial charge on any atom is 0.245 e. The Morgan fingerprint density at radius 1 is 1.11 bits per heavy atom. The summed E-state index contributed by atoms with van der Waals surface area (Å²) in [6.45, 7) is 0. The number of rotatable bonds is 5. The lowest BCUT2D eigenvalue weighted by Gasteiger charge is -2.14. The largest absolute Gasteiger partial charge is 0.283 e. The van der Waals surface area contributed by atoms with Gasteiger partial charge in [0.25, 0.3) is 0 Å². The number of aromatic nitrogens is 4. The first-order valence-electron chi connectivity index (χ1n) is 8.10.